The fourth-order valence-corrected chi connectivity index (χ4v) is 3.48. The Morgan fingerprint density at radius 1 is 1.30 bits per heavy atom. The third-order valence-electron chi connectivity index (χ3n) is 4.90. The van der Waals surface area contributed by atoms with E-state index in [-0.39, 0.29) is 0 Å². The summed E-state index contributed by atoms with van der Waals surface area (Å²) in [4.78, 5) is 21.2. The molecule has 1 fully saturated rings. The molecule has 3 rings (SSSR count). The van der Waals surface area contributed by atoms with Crippen LogP contribution in [0.25, 0.3) is 5.82 Å². The summed E-state index contributed by atoms with van der Waals surface area (Å²) in [5.74, 6) is 2.01. The van der Waals surface area contributed by atoms with Crippen molar-refractivity contribution >= 4 is 5.78 Å². The van der Waals surface area contributed by atoms with Gasteiger partial charge in [0.25, 0.3) is 0 Å². The predicted octanol–water partition coefficient (Wildman–Crippen LogP) is 3.20. The van der Waals surface area contributed by atoms with Crippen LogP contribution in [0.3, 0.4) is 0 Å². The van der Waals surface area contributed by atoms with E-state index in [0.717, 1.165) is 17.3 Å². The molecule has 1 aliphatic carbocycles. The summed E-state index contributed by atoms with van der Waals surface area (Å²) in [5, 5.41) is 0. The molecule has 1 saturated carbocycles. The van der Waals surface area contributed by atoms with Gasteiger partial charge in [0.2, 0.25) is 0 Å². The zero-order chi connectivity index (χ0) is 16.7. The van der Waals surface area contributed by atoms with Gasteiger partial charge in [0.1, 0.15) is 23.0 Å². The van der Waals surface area contributed by atoms with E-state index < -0.39 is 11.0 Å². The predicted molar refractivity (Wildman–Crippen MR) is 87.4 cm³/mol. The number of methoxy groups -OCH3 is 1. The van der Waals surface area contributed by atoms with Crippen molar-refractivity contribution in [2.45, 2.75) is 45.6 Å². The van der Waals surface area contributed by atoms with Gasteiger partial charge < -0.3 is 4.74 Å². The van der Waals surface area contributed by atoms with Crippen molar-refractivity contribution in [1.29, 1.82) is 0 Å². The van der Waals surface area contributed by atoms with Crippen LogP contribution in [0.15, 0.2) is 30.6 Å². The summed E-state index contributed by atoms with van der Waals surface area (Å²) in [7, 11) is 1.71. The Bertz CT molecular complexity index is 735. The van der Waals surface area contributed by atoms with E-state index in [1.165, 1.54) is 0 Å². The molecular weight excluding hydrogens is 290 g/mol. The number of Topliss-reactive ketones (excluding diaryl/α,β-unsaturated/α-hetero) is 1. The SMILES string of the molecule is COC1(c2cccc(-n3ccnc3C)n2)CCC(=O)C(C)(C)C1. The highest BCUT2D eigenvalue weighted by atomic mass is 16.5. The number of hydrogen-bond acceptors (Lipinski definition) is 4. The Kier molecular flexibility index (Phi) is 3.84. The third kappa shape index (κ3) is 2.70. The highest BCUT2D eigenvalue weighted by molar-refractivity contribution is 5.85. The molecule has 2 aromatic heterocycles. The van der Waals surface area contributed by atoms with E-state index in [9.17, 15) is 4.79 Å². The molecule has 1 atom stereocenters. The average Bonchev–Trinajstić information content (AvgIpc) is 2.96. The van der Waals surface area contributed by atoms with Gasteiger partial charge in [0.15, 0.2) is 0 Å². The number of ketones is 1. The number of nitrogens with zero attached hydrogens (tertiary/aromatic N) is 3. The van der Waals surface area contributed by atoms with Crippen molar-refractivity contribution in [1.82, 2.24) is 14.5 Å². The Labute approximate surface area is 136 Å². The van der Waals surface area contributed by atoms with Gasteiger partial charge in [0.05, 0.1) is 5.69 Å². The lowest BCUT2D eigenvalue weighted by atomic mass is 9.67. The lowest BCUT2D eigenvalue weighted by molar-refractivity contribution is -0.143. The second kappa shape index (κ2) is 5.57. The van der Waals surface area contributed by atoms with E-state index in [2.05, 4.69) is 4.98 Å². The van der Waals surface area contributed by atoms with Gasteiger partial charge in [-0.2, -0.15) is 0 Å². The van der Waals surface area contributed by atoms with Gasteiger partial charge >= 0.3 is 0 Å². The Morgan fingerprint density at radius 2 is 2.09 bits per heavy atom. The van der Waals surface area contributed by atoms with Crippen molar-refractivity contribution in [3.05, 3.63) is 42.1 Å². The molecule has 5 nitrogen and oxygen atoms in total. The van der Waals surface area contributed by atoms with Crippen molar-refractivity contribution in [2.24, 2.45) is 5.41 Å². The molecule has 0 aliphatic heterocycles. The summed E-state index contributed by atoms with van der Waals surface area (Å²) >= 11 is 0. The molecule has 2 aromatic rings. The summed E-state index contributed by atoms with van der Waals surface area (Å²) in [6, 6.07) is 5.94. The lowest BCUT2D eigenvalue weighted by Crippen LogP contribution is -2.44. The largest absolute Gasteiger partial charge is 0.372 e. The molecule has 0 saturated heterocycles. The summed E-state index contributed by atoms with van der Waals surface area (Å²) in [6.07, 6.45) is 5.50. The third-order valence-corrected chi connectivity index (χ3v) is 4.90. The van der Waals surface area contributed by atoms with Crippen LogP contribution >= 0.6 is 0 Å². The van der Waals surface area contributed by atoms with E-state index in [1.54, 1.807) is 13.3 Å². The maximum Gasteiger partial charge on any atom is 0.138 e. The smallest absolute Gasteiger partial charge is 0.138 e. The highest BCUT2D eigenvalue weighted by Crippen LogP contribution is 2.46. The molecule has 23 heavy (non-hydrogen) atoms. The maximum absolute atomic E-state index is 12.2. The van der Waals surface area contributed by atoms with E-state index >= 15 is 0 Å². The van der Waals surface area contributed by atoms with Gasteiger partial charge in [0, 0.05) is 31.3 Å². The van der Waals surface area contributed by atoms with Crippen LogP contribution in [0.2, 0.25) is 0 Å². The molecule has 0 bridgehead atoms. The molecule has 0 radical (unpaired) electrons. The lowest BCUT2D eigenvalue weighted by Gasteiger charge is -2.42. The van der Waals surface area contributed by atoms with Crippen LogP contribution in [0.4, 0.5) is 0 Å². The molecular formula is C18H23N3O2. The van der Waals surface area contributed by atoms with Gasteiger partial charge in [-0.1, -0.05) is 19.9 Å². The fourth-order valence-electron chi connectivity index (χ4n) is 3.48. The van der Waals surface area contributed by atoms with Gasteiger partial charge in [-0.05, 0) is 31.9 Å². The quantitative estimate of drug-likeness (QED) is 0.873. The maximum atomic E-state index is 12.2. The molecule has 1 aliphatic rings. The highest BCUT2D eigenvalue weighted by Gasteiger charge is 2.47. The molecule has 0 amide bonds. The van der Waals surface area contributed by atoms with E-state index in [4.69, 9.17) is 9.72 Å². The first-order valence-electron chi connectivity index (χ1n) is 7.94. The fraction of sp³-hybridized carbons (Fsp3) is 0.500. The minimum atomic E-state index is -0.512. The van der Waals surface area contributed by atoms with Crippen molar-refractivity contribution < 1.29 is 9.53 Å². The number of carbonyl (C=O) groups is 1. The van der Waals surface area contributed by atoms with Crippen molar-refractivity contribution in [3.63, 3.8) is 0 Å². The minimum absolute atomic E-state index is 0.298. The second-order valence-corrected chi connectivity index (χ2v) is 6.91. The first kappa shape index (κ1) is 15.9. The molecule has 0 aromatic carbocycles. The number of hydrogen-bond donors (Lipinski definition) is 0. The normalized spacial score (nSPS) is 23.9. The molecule has 0 spiro atoms. The summed E-state index contributed by atoms with van der Waals surface area (Å²) < 4.78 is 7.86. The van der Waals surface area contributed by atoms with Crippen LogP contribution in [0.5, 0.6) is 0 Å². The van der Waals surface area contributed by atoms with E-state index in [0.29, 0.717) is 25.0 Å². The summed E-state index contributed by atoms with van der Waals surface area (Å²) in [6.45, 7) is 5.93. The molecule has 0 N–H and O–H groups in total. The monoisotopic (exact) mass is 313 g/mol. The van der Waals surface area contributed by atoms with E-state index in [1.807, 2.05) is 49.7 Å². The number of imidazole rings is 1. The topological polar surface area (TPSA) is 57.0 Å². The Hall–Kier alpha value is -2.01. The summed E-state index contributed by atoms with van der Waals surface area (Å²) in [5.41, 5.74) is -0.0233. The van der Waals surface area contributed by atoms with Gasteiger partial charge in [-0.3, -0.25) is 9.36 Å². The number of rotatable bonds is 3. The van der Waals surface area contributed by atoms with Crippen molar-refractivity contribution in [3.8, 4) is 5.82 Å². The molecule has 1 unspecified atom stereocenters. The zero-order valence-corrected chi connectivity index (χ0v) is 14.2. The first-order chi connectivity index (χ1) is 10.9. The zero-order valence-electron chi connectivity index (χ0n) is 14.2. The Morgan fingerprint density at radius 3 is 2.70 bits per heavy atom. The van der Waals surface area contributed by atoms with Gasteiger partial charge in [-0.15, -0.1) is 0 Å². The molecule has 5 heteroatoms. The number of aromatic nitrogens is 3. The average molecular weight is 313 g/mol. The van der Waals surface area contributed by atoms with Crippen LogP contribution in [-0.4, -0.2) is 27.4 Å². The second-order valence-electron chi connectivity index (χ2n) is 6.91. The van der Waals surface area contributed by atoms with Crippen LogP contribution in [0, 0.1) is 12.3 Å². The van der Waals surface area contributed by atoms with Gasteiger partial charge in [-0.25, -0.2) is 9.97 Å². The van der Waals surface area contributed by atoms with Crippen molar-refractivity contribution in [2.75, 3.05) is 7.11 Å². The number of pyridine rings is 1. The standard InChI is InChI=1S/C18H23N3O2/c1-13-19-10-11-21(13)16-7-5-6-14(20-16)18(23-4)9-8-15(22)17(2,3)12-18/h5-7,10-11H,8-9,12H2,1-4H3. The number of aryl methyl sites for hydroxylation is 1. The number of ether oxygens (including phenoxy) is 1. The van der Waals surface area contributed by atoms with Crippen LogP contribution in [-0.2, 0) is 15.1 Å². The Balaban J connectivity index is 2.03. The first-order valence-corrected chi connectivity index (χ1v) is 7.94. The van der Waals surface area contributed by atoms with Crippen LogP contribution < -0.4 is 0 Å². The number of carbonyl (C=O) groups excluding carboxylic acids is 1. The molecule has 2 heterocycles. The minimum Gasteiger partial charge on any atom is -0.372 e. The molecule has 122 valence electrons. The van der Waals surface area contributed by atoms with Crippen LogP contribution in [0.1, 0.15) is 44.6 Å².